The van der Waals surface area contributed by atoms with Crippen molar-refractivity contribution in [2.75, 3.05) is 19.6 Å². The van der Waals surface area contributed by atoms with Gasteiger partial charge in [0.2, 0.25) is 17.7 Å². The highest BCUT2D eigenvalue weighted by molar-refractivity contribution is 6.08. The quantitative estimate of drug-likeness (QED) is 0.510. The van der Waals surface area contributed by atoms with Crippen LogP contribution in [0.5, 0.6) is 0 Å². The molecule has 0 saturated carbocycles. The highest BCUT2D eigenvalue weighted by atomic mass is 16.3. The van der Waals surface area contributed by atoms with Crippen molar-refractivity contribution in [3.8, 4) is 0 Å². The number of imide groups is 1. The molecule has 1 aliphatic carbocycles. The third kappa shape index (κ3) is 4.47. The van der Waals surface area contributed by atoms with Gasteiger partial charge in [0.1, 0.15) is 11.8 Å². The first kappa shape index (κ1) is 21.8. The van der Waals surface area contributed by atoms with Gasteiger partial charge >= 0.3 is 0 Å². The van der Waals surface area contributed by atoms with Crippen LogP contribution in [0.1, 0.15) is 57.8 Å². The summed E-state index contributed by atoms with van der Waals surface area (Å²) in [6.07, 6.45) is 9.48. The van der Waals surface area contributed by atoms with Gasteiger partial charge in [-0.15, -0.1) is 0 Å². The zero-order chi connectivity index (χ0) is 22.0. The Labute approximate surface area is 183 Å². The third-order valence-electron chi connectivity index (χ3n) is 6.77. The van der Waals surface area contributed by atoms with E-state index in [9.17, 15) is 14.4 Å². The Morgan fingerprint density at radius 3 is 2.32 bits per heavy atom. The van der Waals surface area contributed by atoms with Gasteiger partial charge < -0.3 is 9.73 Å². The van der Waals surface area contributed by atoms with Crippen molar-refractivity contribution in [3.63, 3.8) is 0 Å². The van der Waals surface area contributed by atoms with E-state index in [2.05, 4.69) is 10.2 Å². The number of fused-ring (bicyclic) bond motifs is 1. The first-order valence-electron chi connectivity index (χ1n) is 11.5. The van der Waals surface area contributed by atoms with Crippen molar-refractivity contribution in [1.29, 1.82) is 0 Å². The number of rotatable bonds is 8. The summed E-state index contributed by atoms with van der Waals surface area (Å²) in [5.41, 5.74) is 0. The molecule has 0 spiro atoms. The summed E-state index contributed by atoms with van der Waals surface area (Å²) in [6.45, 7) is 6.35. The van der Waals surface area contributed by atoms with Gasteiger partial charge in [-0.3, -0.25) is 24.2 Å². The number of nitrogens with one attached hydrogen (secondary N) is 1. The largest absolute Gasteiger partial charge is 0.468 e. The summed E-state index contributed by atoms with van der Waals surface area (Å²) < 4.78 is 5.64. The number of amides is 3. The predicted molar refractivity (Wildman–Crippen MR) is 116 cm³/mol. The van der Waals surface area contributed by atoms with Crippen molar-refractivity contribution in [1.82, 2.24) is 15.1 Å². The van der Waals surface area contributed by atoms with Gasteiger partial charge in [-0.2, -0.15) is 0 Å². The lowest BCUT2D eigenvalue weighted by Crippen LogP contribution is -2.51. The zero-order valence-corrected chi connectivity index (χ0v) is 18.5. The lowest BCUT2D eigenvalue weighted by molar-refractivity contribution is -0.148. The Balaban J connectivity index is 1.49. The van der Waals surface area contributed by atoms with E-state index in [0.717, 1.165) is 31.7 Å². The second-order valence-electron chi connectivity index (χ2n) is 9.37. The minimum Gasteiger partial charge on any atom is -0.468 e. The van der Waals surface area contributed by atoms with Crippen molar-refractivity contribution < 1.29 is 18.8 Å². The summed E-state index contributed by atoms with van der Waals surface area (Å²) in [6, 6.07) is 2.99. The lowest BCUT2D eigenvalue weighted by Gasteiger charge is -2.30. The molecule has 0 bridgehead atoms. The average Bonchev–Trinajstić information content (AvgIpc) is 3.51. The van der Waals surface area contributed by atoms with Crippen LogP contribution >= 0.6 is 0 Å². The Morgan fingerprint density at radius 1 is 1.13 bits per heavy atom. The number of furan rings is 1. The normalized spacial score (nSPS) is 25.8. The Bertz CT molecular complexity index is 800. The smallest absolute Gasteiger partial charge is 0.243 e. The minimum absolute atomic E-state index is 0.0436. The van der Waals surface area contributed by atoms with Crippen molar-refractivity contribution in [2.45, 2.75) is 58.0 Å². The van der Waals surface area contributed by atoms with Crippen LogP contribution in [0, 0.1) is 17.8 Å². The van der Waals surface area contributed by atoms with Crippen molar-refractivity contribution in [2.24, 2.45) is 17.8 Å². The van der Waals surface area contributed by atoms with Gasteiger partial charge in [0, 0.05) is 6.54 Å². The fourth-order valence-electron chi connectivity index (χ4n) is 5.17. The van der Waals surface area contributed by atoms with Gasteiger partial charge in [-0.05, 0) is 63.2 Å². The molecule has 4 atom stereocenters. The number of nitrogens with zero attached hydrogens (tertiary/aromatic N) is 2. The number of hydrogen-bond acceptors (Lipinski definition) is 5. The van der Waals surface area contributed by atoms with Crippen LogP contribution < -0.4 is 5.32 Å². The standard InChI is InChI=1S/C24H33N3O4/c1-16(2)14-19(27-23(29)17-8-3-4-9-18(17)24(27)30)22(28)25-15-20(21-10-7-13-31-21)26-11-5-6-12-26/h3-4,7,10,13,16-20H,5-6,8-9,11-12,14-15H2,1-2H3,(H,25,28). The Morgan fingerprint density at radius 2 is 1.77 bits per heavy atom. The van der Waals surface area contributed by atoms with E-state index < -0.39 is 6.04 Å². The highest BCUT2D eigenvalue weighted by Gasteiger charge is 2.51. The van der Waals surface area contributed by atoms with E-state index in [1.807, 2.05) is 38.1 Å². The summed E-state index contributed by atoms with van der Waals surface area (Å²) in [5.74, 6) is -0.271. The average molecular weight is 428 g/mol. The third-order valence-corrected chi connectivity index (χ3v) is 6.77. The van der Waals surface area contributed by atoms with Crippen LogP contribution in [0.2, 0.25) is 0 Å². The van der Waals surface area contributed by atoms with E-state index in [-0.39, 0.29) is 41.5 Å². The van der Waals surface area contributed by atoms with Crippen LogP contribution in [0.25, 0.3) is 0 Å². The molecule has 3 aliphatic rings. The van der Waals surface area contributed by atoms with Gasteiger partial charge in [0.05, 0.1) is 24.1 Å². The van der Waals surface area contributed by atoms with E-state index in [0.29, 0.717) is 25.8 Å². The molecule has 0 aromatic carbocycles. The molecule has 4 rings (SSSR count). The van der Waals surface area contributed by atoms with E-state index in [4.69, 9.17) is 4.42 Å². The molecule has 168 valence electrons. The maximum Gasteiger partial charge on any atom is 0.243 e. The number of carbonyl (C=O) groups is 3. The highest BCUT2D eigenvalue weighted by Crippen LogP contribution is 2.37. The molecule has 0 radical (unpaired) electrons. The molecule has 1 aromatic heterocycles. The van der Waals surface area contributed by atoms with Gasteiger partial charge in [0.25, 0.3) is 0 Å². The fourth-order valence-corrected chi connectivity index (χ4v) is 5.17. The first-order chi connectivity index (χ1) is 15.0. The number of carbonyl (C=O) groups excluding carboxylic acids is 3. The second-order valence-corrected chi connectivity index (χ2v) is 9.37. The molecule has 3 amide bonds. The molecule has 2 fully saturated rings. The molecule has 2 saturated heterocycles. The van der Waals surface area contributed by atoms with Crippen LogP contribution in [0.15, 0.2) is 35.0 Å². The Kier molecular flexibility index (Phi) is 6.60. The molecular weight excluding hydrogens is 394 g/mol. The van der Waals surface area contributed by atoms with Crippen molar-refractivity contribution >= 4 is 17.7 Å². The van der Waals surface area contributed by atoms with Crippen LogP contribution in [0.4, 0.5) is 0 Å². The molecule has 7 heteroatoms. The molecule has 1 N–H and O–H groups in total. The van der Waals surface area contributed by atoms with E-state index in [1.165, 1.54) is 4.90 Å². The monoisotopic (exact) mass is 427 g/mol. The van der Waals surface area contributed by atoms with Crippen LogP contribution in [-0.2, 0) is 14.4 Å². The summed E-state index contributed by atoms with van der Waals surface area (Å²) in [5, 5.41) is 3.05. The summed E-state index contributed by atoms with van der Waals surface area (Å²) in [4.78, 5) is 43.1. The topological polar surface area (TPSA) is 82.9 Å². The first-order valence-corrected chi connectivity index (χ1v) is 11.5. The lowest BCUT2D eigenvalue weighted by atomic mass is 9.85. The molecule has 1 aromatic rings. The molecule has 3 heterocycles. The van der Waals surface area contributed by atoms with Crippen LogP contribution in [-0.4, -0.2) is 53.2 Å². The van der Waals surface area contributed by atoms with Crippen LogP contribution in [0.3, 0.4) is 0 Å². The van der Waals surface area contributed by atoms with Gasteiger partial charge in [-0.1, -0.05) is 26.0 Å². The van der Waals surface area contributed by atoms with E-state index >= 15 is 0 Å². The summed E-state index contributed by atoms with van der Waals surface area (Å²) >= 11 is 0. The molecule has 7 nitrogen and oxygen atoms in total. The zero-order valence-electron chi connectivity index (χ0n) is 18.5. The van der Waals surface area contributed by atoms with Gasteiger partial charge in [0.15, 0.2) is 0 Å². The maximum atomic E-state index is 13.3. The second kappa shape index (κ2) is 9.39. The minimum atomic E-state index is -0.763. The molecule has 31 heavy (non-hydrogen) atoms. The number of likely N-dealkylation sites (tertiary alicyclic amines) is 2. The molecule has 4 unspecified atom stereocenters. The SMILES string of the molecule is CC(C)CC(C(=O)NCC(c1ccco1)N1CCCC1)N1C(=O)C2CC=CCC2C1=O. The summed E-state index contributed by atoms with van der Waals surface area (Å²) in [7, 11) is 0. The van der Waals surface area contributed by atoms with Crippen molar-refractivity contribution in [3.05, 3.63) is 36.3 Å². The Hall–Kier alpha value is -2.41. The number of hydrogen-bond donors (Lipinski definition) is 1. The fraction of sp³-hybridized carbons (Fsp3) is 0.625. The predicted octanol–water partition coefficient (Wildman–Crippen LogP) is 2.90. The maximum absolute atomic E-state index is 13.3. The van der Waals surface area contributed by atoms with Gasteiger partial charge in [-0.25, -0.2) is 0 Å². The number of allylic oxidation sites excluding steroid dienone is 2. The molecule has 2 aliphatic heterocycles. The van der Waals surface area contributed by atoms with E-state index in [1.54, 1.807) is 6.26 Å². The molecular formula is C24H33N3O4.